The van der Waals surface area contributed by atoms with Gasteiger partial charge in [0.15, 0.2) is 5.41 Å². The molecule has 4 heteroatoms. The van der Waals surface area contributed by atoms with Crippen LogP contribution in [0.2, 0.25) is 0 Å². The van der Waals surface area contributed by atoms with E-state index < -0.39 is 5.41 Å². The first-order valence-electron chi connectivity index (χ1n) is 8.02. The second-order valence-corrected chi connectivity index (χ2v) is 5.62. The Labute approximate surface area is 122 Å². The van der Waals surface area contributed by atoms with E-state index in [-0.39, 0.29) is 11.9 Å². The summed E-state index contributed by atoms with van der Waals surface area (Å²) in [5.41, 5.74) is -1.03. The Kier molecular flexibility index (Phi) is 7.63. The van der Waals surface area contributed by atoms with Crippen molar-refractivity contribution in [2.75, 3.05) is 13.2 Å². The van der Waals surface area contributed by atoms with E-state index in [9.17, 15) is 9.59 Å². The van der Waals surface area contributed by atoms with Crippen molar-refractivity contribution in [3.05, 3.63) is 0 Å². The molecule has 0 heterocycles. The lowest BCUT2D eigenvalue weighted by Gasteiger charge is -2.32. The third-order valence-corrected chi connectivity index (χ3v) is 3.95. The molecule has 0 saturated heterocycles. The quantitative estimate of drug-likeness (QED) is 0.388. The first-order chi connectivity index (χ1) is 9.67. The van der Waals surface area contributed by atoms with Gasteiger partial charge in [-0.3, -0.25) is 9.59 Å². The van der Waals surface area contributed by atoms with Crippen LogP contribution in [0.15, 0.2) is 0 Å². The number of carbonyl (C=O) groups excluding carboxylic acids is 2. The van der Waals surface area contributed by atoms with Gasteiger partial charge in [0.1, 0.15) is 0 Å². The molecule has 0 aliphatic heterocycles. The van der Waals surface area contributed by atoms with E-state index in [4.69, 9.17) is 9.47 Å². The SMILES string of the molecule is CCCCOC(=O)C1(C(=O)OCCCC)CCCCC1. The van der Waals surface area contributed by atoms with Gasteiger partial charge in [-0.25, -0.2) is 0 Å². The van der Waals surface area contributed by atoms with Gasteiger partial charge in [0.25, 0.3) is 0 Å². The fraction of sp³-hybridized carbons (Fsp3) is 0.875. The first-order valence-corrected chi connectivity index (χ1v) is 8.02. The van der Waals surface area contributed by atoms with Crippen LogP contribution in [0.4, 0.5) is 0 Å². The zero-order valence-electron chi connectivity index (χ0n) is 12.9. The van der Waals surface area contributed by atoms with Crippen LogP contribution in [0.25, 0.3) is 0 Å². The van der Waals surface area contributed by atoms with Gasteiger partial charge in [0, 0.05) is 0 Å². The molecule has 0 N–H and O–H groups in total. The minimum absolute atomic E-state index is 0.368. The maximum atomic E-state index is 12.3. The molecule has 0 unspecified atom stereocenters. The highest BCUT2D eigenvalue weighted by Gasteiger charge is 2.49. The van der Waals surface area contributed by atoms with E-state index in [0.717, 1.165) is 44.9 Å². The summed E-state index contributed by atoms with van der Waals surface area (Å²) < 4.78 is 10.6. The Bertz CT molecular complexity index is 282. The fourth-order valence-electron chi connectivity index (χ4n) is 2.54. The van der Waals surface area contributed by atoms with Crippen LogP contribution >= 0.6 is 0 Å². The highest BCUT2D eigenvalue weighted by atomic mass is 16.6. The van der Waals surface area contributed by atoms with Crippen molar-refractivity contribution in [2.24, 2.45) is 5.41 Å². The average Bonchev–Trinajstić information content (AvgIpc) is 2.48. The molecule has 0 atom stereocenters. The number of hydrogen-bond acceptors (Lipinski definition) is 4. The fourth-order valence-corrected chi connectivity index (χ4v) is 2.54. The van der Waals surface area contributed by atoms with Gasteiger partial charge in [-0.2, -0.15) is 0 Å². The number of esters is 2. The summed E-state index contributed by atoms with van der Waals surface area (Å²) in [4.78, 5) is 24.7. The minimum Gasteiger partial charge on any atom is -0.465 e. The molecule has 1 aliphatic carbocycles. The molecular formula is C16H28O4. The highest BCUT2D eigenvalue weighted by molar-refractivity contribution is 6.00. The number of hydrogen-bond donors (Lipinski definition) is 0. The molecule has 116 valence electrons. The topological polar surface area (TPSA) is 52.6 Å². The molecule has 1 fully saturated rings. The Morgan fingerprint density at radius 1 is 0.850 bits per heavy atom. The number of unbranched alkanes of at least 4 members (excludes halogenated alkanes) is 2. The van der Waals surface area contributed by atoms with Gasteiger partial charge >= 0.3 is 11.9 Å². The molecule has 0 aromatic heterocycles. The molecule has 20 heavy (non-hydrogen) atoms. The summed E-state index contributed by atoms with van der Waals surface area (Å²) in [5.74, 6) is -0.737. The Morgan fingerprint density at radius 2 is 1.30 bits per heavy atom. The first kappa shape index (κ1) is 17.0. The van der Waals surface area contributed by atoms with Gasteiger partial charge in [0.2, 0.25) is 0 Å². The zero-order chi connectivity index (χ0) is 14.8. The van der Waals surface area contributed by atoms with Crippen LogP contribution in [0.1, 0.15) is 71.6 Å². The van der Waals surface area contributed by atoms with Gasteiger partial charge < -0.3 is 9.47 Å². The lowest BCUT2D eigenvalue weighted by molar-refractivity contribution is -0.175. The molecule has 4 nitrogen and oxygen atoms in total. The highest BCUT2D eigenvalue weighted by Crippen LogP contribution is 2.38. The number of ether oxygens (including phenoxy) is 2. The maximum absolute atomic E-state index is 12.3. The van der Waals surface area contributed by atoms with E-state index >= 15 is 0 Å². The van der Waals surface area contributed by atoms with Gasteiger partial charge in [-0.15, -0.1) is 0 Å². The number of rotatable bonds is 8. The van der Waals surface area contributed by atoms with Crippen LogP contribution in [0.3, 0.4) is 0 Å². The van der Waals surface area contributed by atoms with Crippen molar-refractivity contribution in [3.8, 4) is 0 Å². The third-order valence-electron chi connectivity index (χ3n) is 3.95. The molecule has 0 aromatic rings. The maximum Gasteiger partial charge on any atom is 0.323 e. The molecular weight excluding hydrogens is 256 g/mol. The average molecular weight is 284 g/mol. The Morgan fingerprint density at radius 3 is 1.70 bits per heavy atom. The van der Waals surface area contributed by atoms with E-state index in [0.29, 0.717) is 26.1 Å². The molecule has 0 amide bonds. The summed E-state index contributed by atoms with van der Waals surface area (Å²) >= 11 is 0. The molecule has 1 rings (SSSR count). The summed E-state index contributed by atoms with van der Waals surface area (Å²) in [5, 5.41) is 0. The van der Waals surface area contributed by atoms with E-state index in [1.54, 1.807) is 0 Å². The molecule has 0 bridgehead atoms. The van der Waals surface area contributed by atoms with Crippen LogP contribution in [0, 0.1) is 5.41 Å². The molecule has 1 saturated carbocycles. The van der Waals surface area contributed by atoms with Crippen molar-refractivity contribution in [2.45, 2.75) is 71.6 Å². The van der Waals surface area contributed by atoms with Crippen LogP contribution < -0.4 is 0 Å². The van der Waals surface area contributed by atoms with Crippen molar-refractivity contribution < 1.29 is 19.1 Å². The van der Waals surface area contributed by atoms with Crippen LogP contribution in [-0.2, 0) is 19.1 Å². The predicted octanol–water partition coefficient (Wildman–Crippen LogP) is 3.62. The largest absolute Gasteiger partial charge is 0.465 e. The lowest BCUT2D eigenvalue weighted by atomic mass is 9.74. The Hall–Kier alpha value is -1.06. The summed E-state index contributed by atoms with van der Waals surface area (Å²) in [6.45, 7) is 4.89. The third kappa shape index (κ3) is 4.50. The zero-order valence-corrected chi connectivity index (χ0v) is 12.9. The van der Waals surface area contributed by atoms with Gasteiger partial charge in [-0.1, -0.05) is 46.0 Å². The van der Waals surface area contributed by atoms with Crippen molar-refractivity contribution in [3.63, 3.8) is 0 Å². The van der Waals surface area contributed by atoms with Crippen molar-refractivity contribution in [1.82, 2.24) is 0 Å². The van der Waals surface area contributed by atoms with Crippen molar-refractivity contribution >= 4 is 11.9 Å². The monoisotopic (exact) mass is 284 g/mol. The van der Waals surface area contributed by atoms with Crippen LogP contribution in [0.5, 0.6) is 0 Å². The van der Waals surface area contributed by atoms with Gasteiger partial charge in [-0.05, 0) is 25.7 Å². The van der Waals surface area contributed by atoms with Gasteiger partial charge in [0.05, 0.1) is 13.2 Å². The molecule has 0 spiro atoms. The summed E-state index contributed by atoms with van der Waals surface area (Å²) in [6, 6.07) is 0. The smallest absolute Gasteiger partial charge is 0.323 e. The lowest BCUT2D eigenvalue weighted by Crippen LogP contribution is -2.43. The van der Waals surface area contributed by atoms with E-state index in [1.807, 2.05) is 13.8 Å². The minimum atomic E-state index is -1.03. The summed E-state index contributed by atoms with van der Waals surface area (Å²) in [7, 11) is 0. The number of carbonyl (C=O) groups is 2. The molecule has 0 radical (unpaired) electrons. The second-order valence-electron chi connectivity index (χ2n) is 5.62. The Balaban J connectivity index is 2.64. The van der Waals surface area contributed by atoms with E-state index in [2.05, 4.69) is 0 Å². The van der Waals surface area contributed by atoms with Crippen LogP contribution in [-0.4, -0.2) is 25.2 Å². The van der Waals surface area contributed by atoms with E-state index in [1.165, 1.54) is 0 Å². The summed E-state index contributed by atoms with van der Waals surface area (Å²) in [6.07, 6.45) is 7.64. The predicted molar refractivity (Wildman–Crippen MR) is 77.3 cm³/mol. The second kappa shape index (κ2) is 8.98. The normalized spacial score (nSPS) is 17.5. The molecule has 1 aliphatic rings. The molecule has 0 aromatic carbocycles. The standard InChI is InChI=1S/C16H28O4/c1-3-5-12-19-14(17)16(10-8-7-9-11-16)15(18)20-13-6-4-2/h3-13H2,1-2H3. The van der Waals surface area contributed by atoms with Crippen molar-refractivity contribution in [1.29, 1.82) is 0 Å².